The van der Waals surface area contributed by atoms with Gasteiger partial charge < -0.3 is 9.42 Å². The molecule has 0 saturated carbocycles. The van der Waals surface area contributed by atoms with E-state index in [-0.39, 0.29) is 17.4 Å². The lowest BCUT2D eigenvalue weighted by Gasteiger charge is -2.34. The van der Waals surface area contributed by atoms with Gasteiger partial charge in [0.15, 0.2) is 5.82 Å². The molecule has 0 bridgehead atoms. The summed E-state index contributed by atoms with van der Waals surface area (Å²) in [6.07, 6.45) is -4.44. The minimum absolute atomic E-state index is 0.0152. The van der Waals surface area contributed by atoms with Gasteiger partial charge in [-0.1, -0.05) is 27.2 Å². The van der Waals surface area contributed by atoms with Crippen molar-refractivity contribution in [1.29, 1.82) is 0 Å². The number of carbonyl (C=O) groups is 1. The van der Waals surface area contributed by atoms with E-state index in [1.54, 1.807) is 17.0 Å². The number of nitrogens with zero attached hydrogens (tertiary/aromatic N) is 4. The predicted molar refractivity (Wildman–Crippen MR) is 110 cm³/mol. The van der Waals surface area contributed by atoms with Crippen LogP contribution in [0.25, 0.3) is 11.5 Å². The highest BCUT2D eigenvalue weighted by Crippen LogP contribution is 2.31. The molecular formula is C21H18BrF3N4O2. The lowest BCUT2D eigenvalue weighted by molar-refractivity contribution is -0.137. The van der Waals surface area contributed by atoms with Crippen molar-refractivity contribution < 1.29 is 22.5 Å². The summed E-state index contributed by atoms with van der Waals surface area (Å²) < 4.78 is 44.8. The van der Waals surface area contributed by atoms with Gasteiger partial charge in [-0.15, -0.1) is 0 Å². The lowest BCUT2D eigenvalue weighted by Crippen LogP contribution is -2.48. The first-order valence-electron chi connectivity index (χ1n) is 9.57. The van der Waals surface area contributed by atoms with Crippen LogP contribution in [-0.4, -0.2) is 52.0 Å². The zero-order valence-corrected chi connectivity index (χ0v) is 17.9. The van der Waals surface area contributed by atoms with E-state index in [1.165, 1.54) is 12.1 Å². The Balaban J connectivity index is 1.35. The minimum atomic E-state index is -4.44. The number of aromatic nitrogens is 2. The van der Waals surface area contributed by atoms with Crippen molar-refractivity contribution in [2.24, 2.45) is 0 Å². The van der Waals surface area contributed by atoms with E-state index in [1.807, 2.05) is 12.1 Å². The molecule has 1 aliphatic rings. The van der Waals surface area contributed by atoms with Gasteiger partial charge in [-0.05, 0) is 42.5 Å². The van der Waals surface area contributed by atoms with Crippen LogP contribution < -0.4 is 0 Å². The molecule has 1 amide bonds. The highest BCUT2D eigenvalue weighted by Gasteiger charge is 2.31. The topological polar surface area (TPSA) is 62.5 Å². The second-order valence-electron chi connectivity index (χ2n) is 7.17. The summed E-state index contributed by atoms with van der Waals surface area (Å²) in [6, 6.07) is 12.0. The Morgan fingerprint density at radius 1 is 1.06 bits per heavy atom. The van der Waals surface area contributed by atoms with Gasteiger partial charge in [0.1, 0.15) is 0 Å². The van der Waals surface area contributed by atoms with Crippen LogP contribution in [0, 0.1) is 0 Å². The molecule has 10 heteroatoms. The molecule has 0 radical (unpaired) electrons. The van der Waals surface area contributed by atoms with E-state index in [0.29, 0.717) is 44.1 Å². The fourth-order valence-corrected chi connectivity index (χ4v) is 3.61. The summed E-state index contributed by atoms with van der Waals surface area (Å²) in [6.45, 7) is 2.79. The van der Waals surface area contributed by atoms with Crippen molar-refractivity contribution in [3.05, 3.63) is 70.0 Å². The maximum atomic E-state index is 12.9. The smallest absolute Gasteiger partial charge is 0.336 e. The van der Waals surface area contributed by atoms with Gasteiger partial charge in [0, 0.05) is 41.8 Å². The van der Waals surface area contributed by atoms with Gasteiger partial charge in [0.25, 0.3) is 11.8 Å². The number of alkyl halides is 3. The summed E-state index contributed by atoms with van der Waals surface area (Å²) >= 11 is 3.36. The molecule has 1 aliphatic heterocycles. The number of hydrogen-bond donors (Lipinski definition) is 0. The number of halogens is 4. The van der Waals surface area contributed by atoms with Crippen molar-refractivity contribution in [2.45, 2.75) is 12.7 Å². The maximum absolute atomic E-state index is 12.9. The second-order valence-corrected chi connectivity index (χ2v) is 8.09. The Morgan fingerprint density at radius 2 is 1.77 bits per heavy atom. The van der Waals surface area contributed by atoms with Crippen molar-refractivity contribution >= 4 is 21.8 Å². The third-order valence-corrected chi connectivity index (χ3v) is 5.55. The van der Waals surface area contributed by atoms with E-state index in [0.717, 1.165) is 16.6 Å². The van der Waals surface area contributed by atoms with E-state index >= 15 is 0 Å². The molecule has 4 rings (SSSR count). The largest absolute Gasteiger partial charge is 0.416 e. The average Bonchev–Trinajstić information content (AvgIpc) is 3.22. The number of piperazine rings is 1. The Bertz CT molecular complexity index is 1060. The number of benzene rings is 2. The standard InChI is InChI=1S/C21H18BrF3N4O2/c22-17-6-4-14(5-7-17)20(30)29-10-8-28(9-11-29)13-18-26-19(31-27-18)15-2-1-3-16(12-15)21(23,24)25/h1-7,12H,8-11,13H2. The summed E-state index contributed by atoms with van der Waals surface area (Å²) in [5.41, 5.74) is 0.0929. The Kier molecular flexibility index (Phi) is 6.10. The molecule has 0 atom stereocenters. The van der Waals surface area contributed by atoms with E-state index < -0.39 is 11.7 Å². The number of amides is 1. The van der Waals surface area contributed by atoms with Crippen LogP contribution in [0.15, 0.2) is 57.5 Å². The second kappa shape index (κ2) is 8.80. The fraction of sp³-hybridized carbons (Fsp3) is 0.286. The third kappa shape index (κ3) is 5.13. The quantitative estimate of drug-likeness (QED) is 0.535. The number of carbonyl (C=O) groups excluding carboxylic acids is 1. The summed E-state index contributed by atoms with van der Waals surface area (Å²) in [7, 11) is 0. The Hall–Kier alpha value is -2.72. The molecule has 3 aromatic rings. The fourth-order valence-electron chi connectivity index (χ4n) is 3.35. The Morgan fingerprint density at radius 3 is 2.45 bits per heavy atom. The van der Waals surface area contributed by atoms with Crippen LogP contribution in [0.5, 0.6) is 0 Å². The molecule has 162 valence electrons. The third-order valence-electron chi connectivity index (χ3n) is 5.02. The molecule has 0 N–H and O–H groups in total. The summed E-state index contributed by atoms with van der Waals surface area (Å²) in [4.78, 5) is 20.7. The molecule has 31 heavy (non-hydrogen) atoms. The minimum Gasteiger partial charge on any atom is -0.336 e. The molecule has 1 aromatic heterocycles. The van der Waals surface area contributed by atoms with Crippen LogP contribution in [-0.2, 0) is 12.7 Å². The van der Waals surface area contributed by atoms with Gasteiger partial charge in [-0.3, -0.25) is 9.69 Å². The van der Waals surface area contributed by atoms with Crippen molar-refractivity contribution in [1.82, 2.24) is 19.9 Å². The Labute approximate surface area is 184 Å². The van der Waals surface area contributed by atoms with Crippen molar-refractivity contribution in [2.75, 3.05) is 26.2 Å². The first kappa shape index (κ1) is 21.5. The van der Waals surface area contributed by atoms with E-state index in [2.05, 4.69) is 31.0 Å². The molecule has 0 aliphatic carbocycles. The number of rotatable bonds is 4. The first-order valence-corrected chi connectivity index (χ1v) is 10.4. The van der Waals surface area contributed by atoms with Gasteiger partial charge in [-0.25, -0.2) is 0 Å². The highest BCUT2D eigenvalue weighted by atomic mass is 79.9. The maximum Gasteiger partial charge on any atom is 0.416 e. The molecule has 0 unspecified atom stereocenters. The van der Waals surface area contributed by atoms with Crippen LogP contribution in [0.2, 0.25) is 0 Å². The molecule has 2 heterocycles. The predicted octanol–water partition coefficient (Wildman–Crippen LogP) is 4.48. The zero-order valence-electron chi connectivity index (χ0n) is 16.3. The van der Waals surface area contributed by atoms with Gasteiger partial charge in [0.2, 0.25) is 0 Å². The first-order chi connectivity index (χ1) is 14.8. The molecule has 0 spiro atoms. The zero-order chi connectivity index (χ0) is 22.0. The molecule has 2 aromatic carbocycles. The van der Waals surface area contributed by atoms with Gasteiger partial charge in [-0.2, -0.15) is 18.2 Å². The van der Waals surface area contributed by atoms with Gasteiger partial charge >= 0.3 is 6.18 Å². The summed E-state index contributed by atoms with van der Waals surface area (Å²) in [5.74, 6) is 0.420. The van der Waals surface area contributed by atoms with E-state index in [4.69, 9.17) is 4.52 Å². The van der Waals surface area contributed by atoms with Crippen LogP contribution in [0.3, 0.4) is 0 Å². The molecule has 1 fully saturated rings. The highest BCUT2D eigenvalue weighted by molar-refractivity contribution is 9.10. The SMILES string of the molecule is O=C(c1ccc(Br)cc1)N1CCN(Cc2noc(-c3cccc(C(F)(F)F)c3)n2)CC1. The average molecular weight is 495 g/mol. The van der Waals surface area contributed by atoms with E-state index in [9.17, 15) is 18.0 Å². The molecular weight excluding hydrogens is 477 g/mol. The summed E-state index contributed by atoms with van der Waals surface area (Å²) in [5, 5.41) is 3.89. The lowest BCUT2D eigenvalue weighted by atomic mass is 10.1. The van der Waals surface area contributed by atoms with Crippen LogP contribution in [0.4, 0.5) is 13.2 Å². The molecule has 1 saturated heterocycles. The number of hydrogen-bond acceptors (Lipinski definition) is 5. The normalized spacial score (nSPS) is 15.3. The van der Waals surface area contributed by atoms with Crippen molar-refractivity contribution in [3.63, 3.8) is 0 Å². The molecule has 6 nitrogen and oxygen atoms in total. The van der Waals surface area contributed by atoms with Crippen LogP contribution >= 0.6 is 15.9 Å². The monoisotopic (exact) mass is 494 g/mol. The van der Waals surface area contributed by atoms with Crippen LogP contribution in [0.1, 0.15) is 21.7 Å². The van der Waals surface area contributed by atoms with Crippen molar-refractivity contribution in [3.8, 4) is 11.5 Å². The van der Waals surface area contributed by atoms with Gasteiger partial charge in [0.05, 0.1) is 12.1 Å².